The predicted molar refractivity (Wildman–Crippen MR) is 69.7 cm³/mol. The van der Waals surface area contributed by atoms with Gasteiger partial charge in [0.25, 0.3) is 0 Å². The molecule has 0 saturated heterocycles. The van der Waals surface area contributed by atoms with E-state index in [0.29, 0.717) is 6.54 Å². The number of azide groups is 1. The smallest absolute Gasteiger partial charge is 0.357 e. The quantitative estimate of drug-likeness (QED) is 0.199. The molecule has 0 saturated carbocycles. The second-order valence-electron chi connectivity index (χ2n) is 3.77. The maximum absolute atomic E-state index is 8.27. The number of methoxy groups -OCH3 is 1. The fourth-order valence-electron chi connectivity index (χ4n) is 1.53. The zero-order valence-corrected chi connectivity index (χ0v) is 15.1. The van der Waals surface area contributed by atoms with Gasteiger partial charge in [-0.3, -0.25) is 0 Å². The lowest BCUT2D eigenvalue weighted by Gasteiger charge is -1.96. The van der Waals surface area contributed by atoms with Crippen LogP contribution in [0.2, 0.25) is 0 Å². The van der Waals surface area contributed by atoms with E-state index >= 15 is 0 Å². The van der Waals surface area contributed by atoms with Crippen LogP contribution in [0.4, 0.5) is 0 Å². The molecule has 0 fully saturated rings. The van der Waals surface area contributed by atoms with E-state index in [1.54, 1.807) is 7.11 Å². The Balaban J connectivity index is 0.00000200. The Labute approximate surface area is 145 Å². The van der Waals surface area contributed by atoms with Crippen LogP contribution < -0.4 is 49.9 Å². The SMILES string of the molecule is COc1ccc([I+]c2ccc(CN=[N+]=[N-])cc2)cc1.[I-]. The van der Waals surface area contributed by atoms with Gasteiger partial charge < -0.3 is 28.7 Å². The summed E-state index contributed by atoms with van der Waals surface area (Å²) in [4.78, 5) is 2.76. The van der Waals surface area contributed by atoms with Gasteiger partial charge >= 0.3 is 21.2 Å². The summed E-state index contributed by atoms with van der Waals surface area (Å²) in [6.45, 7) is 0.414. The van der Waals surface area contributed by atoms with Crippen molar-refractivity contribution in [2.45, 2.75) is 6.54 Å². The highest BCUT2D eigenvalue weighted by Gasteiger charge is 2.14. The largest absolute Gasteiger partial charge is 1.00 e. The first-order chi connectivity index (χ1) is 9.31. The van der Waals surface area contributed by atoms with Crippen molar-refractivity contribution in [1.82, 2.24) is 0 Å². The lowest BCUT2D eigenvalue weighted by atomic mass is 10.2. The monoisotopic (exact) mass is 493 g/mol. The van der Waals surface area contributed by atoms with E-state index in [-0.39, 0.29) is 45.2 Å². The highest BCUT2D eigenvalue weighted by molar-refractivity contribution is 5.20. The van der Waals surface area contributed by atoms with E-state index in [1.807, 2.05) is 24.3 Å². The van der Waals surface area contributed by atoms with Crippen molar-refractivity contribution in [1.29, 1.82) is 0 Å². The molecule has 0 bridgehead atoms. The first-order valence-corrected chi connectivity index (χ1v) is 7.86. The number of rotatable bonds is 5. The molecule has 0 aliphatic rings. The predicted octanol–water partition coefficient (Wildman–Crippen LogP) is -2.36. The molecule has 2 rings (SSSR count). The van der Waals surface area contributed by atoms with Crippen molar-refractivity contribution < 1.29 is 49.9 Å². The van der Waals surface area contributed by atoms with Crippen LogP contribution in [0.25, 0.3) is 10.4 Å². The van der Waals surface area contributed by atoms with E-state index < -0.39 is 0 Å². The molecule has 0 aromatic heterocycles. The average molecular weight is 493 g/mol. The van der Waals surface area contributed by atoms with E-state index in [9.17, 15) is 0 Å². The van der Waals surface area contributed by atoms with Crippen molar-refractivity contribution in [3.8, 4) is 5.75 Å². The number of ether oxygens (including phenoxy) is 1. The fourth-order valence-corrected chi connectivity index (χ4v) is 3.68. The summed E-state index contributed by atoms with van der Waals surface area (Å²) in [6, 6.07) is 16.5. The summed E-state index contributed by atoms with van der Waals surface area (Å²) in [5, 5.41) is 3.55. The molecule has 0 N–H and O–H groups in total. The molecule has 0 aliphatic carbocycles. The van der Waals surface area contributed by atoms with Crippen LogP contribution in [0.1, 0.15) is 5.56 Å². The topological polar surface area (TPSA) is 58.0 Å². The van der Waals surface area contributed by atoms with Crippen molar-refractivity contribution >= 4 is 0 Å². The Bertz CT molecular complexity index is 578. The van der Waals surface area contributed by atoms with E-state index in [1.165, 1.54) is 7.14 Å². The summed E-state index contributed by atoms with van der Waals surface area (Å²) in [5.41, 5.74) is 9.32. The summed E-state index contributed by atoms with van der Waals surface area (Å²) < 4.78 is 7.84. The van der Waals surface area contributed by atoms with Gasteiger partial charge in [0, 0.05) is 4.91 Å². The maximum atomic E-state index is 8.27. The molecule has 0 radical (unpaired) electrons. The molecule has 104 valence electrons. The Hall–Kier alpha value is -0.990. The number of hydrogen-bond donors (Lipinski definition) is 0. The number of halogens is 2. The molecule has 0 unspecified atom stereocenters. The van der Waals surface area contributed by atoms with Crippen molar-refractivity contribution in [2.24, 2.45) is 5.11 Å². The lowest BCUT2D eigenvalue weighted by molar-refractivity contribution is -0.597. The Kier molecular flexibility index (Phi) is 7.71. The highest BCUT2D eigenvalue weighted by Crippen LogP contribution is 2.06. The first kappa shape index (κ1) is 17.1. The van der Waals surface area contributed by atoms with Crippen LogP contribution in [0.5, 0.6) is 5.75 Å². The van der Waals surface area contributed by atoms with Gasteiger partial charge in [0.05, 0.1) is 13.7 Å². The molecule has 0 atom stereocenters. The minimum Gasteiger partial charge on any atom is -1.00 e. The van der Waals surface area contributed by atoms with Gasteiger partial charge in [0.15, 0.2) is 7.14 Å². The first-order valence-electron chi connectivity index (χ1n) is 5.70. The summed E-state index contributed by atoms with van der Waals surface area (Å²) in [7, 11) is 1.67. The third-order valence-corrected chi connectivity index (χ3v) is 5.18. The Morgan fingerprint density at radius 3 is 2.10 bits per heavy atom. The van der Waals surface area contributed by atoms with Crippen LogP contribution in [0.15, 0.2) is 53.6 Å². The molecule has 6 heteroatoms. The van der Waals surface area contributed by atoms with Gasteiger partial charge in [-0.2, -0.15) is 0 Å². The minimum absolute atomic E-state index is 0. The van der Waals surface area contributed by atoms with Gasteiger partial charge in [-0.05, 0) is 47.5 Å². The zero-order chi connectivity index (χ0) is 13.5. The third kappa shape index (κ3) is 5.18. The molecule has 0 heterocycles. The maximum Gasteiger partial charge on any atom is 0.357 e. The van der Waals surface area contributed by atoms with Crippen molar-refractivity contribution in [3.63, 3.8) is 0 Å². The fraction of sp³-hybridized carbons (Fsp3) is 0.143. The van der Waals surface area contributed by atoms with E-state index in [4.69, 9.17) is 10.3 Å². The highest BCUT2D eigenvalue weighted by atomic mass is 127. The summed E-state index contributed by atoms with van der Waals surface area (Å²) in [6.07, 6.45) is 0. The van der Waals surface area contributed by atoms with Crippen LogP contribution >= 0.6 is 0 Å². The normalized spacial score (nSPS) is 9.25. The lowest BCUT2D eigenvalue weighted by Crippen LogP contribution is -3.61. The molecular weight excluding hydrogens is 480 g/mol. The molecule has 0 spiro atoms. The molecule has 20 heavy (non-hydrogen) atoms. The molecule has 0 amide bonds. The van der Waals surface area contributed by atoms with Crippen LogP contribution in [-0.4, -0.2) is 7.11 Å². The second-order valence-corrected chi connectivity index (χ2v) is 6.80. The molecule has 2 aromatic carbocycles. The standard InChI is InChI=1S/C14H13IN3O.HI/c1-19-14-8-6-13(7-9-14)15-12-4-2-11(3-5-12)10-17-18-16;/h2-9H,10H2,1H3;1H/q+1;/p-1. The van der Waals surface area contributed by atoms with Gasteiger partial charge in [-0.25, -0.2) is 0 Å². The average Bonchev–Trinajstić information content (AvgIpc) is 2.47. The Morgan fingerprint density at radius 2 is 1.60 bits per heavy atom. The van der Waals surface area contributed by atoms with Crippen molar-refractivity contribution in [2.75, 3.05) is 7.11 Å². The number of hydrogen-bond acceptors (Lipinski definition) is 2. The molecular formula is C14H13I2N3O. The number of benzene rings is 2. The molecule has 4 nitrogen and oxygen atoms in total. The third-order valence-electron chi connectivity index (χ3n) is 2.50. The van der Waals surface area contributed by atoms with E-state index in [2.05, 4.69) is 34.3 Å². The summed E-state index contributed by atoms with van der Waals surface area (Å²) in [5.74, 6) is 0.887. The zero-order valence-electron chi connectivity index (χ0n) is 10.8. The Morgan fingerprint density at radius 1 is 1.05 bits per heavy atom. The van der Waals surface area contributed by atoms with Crippen LogP contribution in [0.3, 0.4) is 0 Å². The minimum atomic E-state index is -0.175. The van der Waals surface area contributed by atoms with Gasteiger partial charge in [-0.15, -0.1) is 0 Å². The van der Waals surface area contributed by atoms with Crippen LogP contribution in [-0.2, 0) is 6.54 Å². The van der Waals surface area contributed by atoms with Gasteiger partial charge in [0.1, 0.15) is 5.75 Å². The van der Waals surface area contributed by atoms with Crippen molar-refractivity contribution in [3.05, 3.63) is 71.7 Å². The van der Waals surface area contributed by atoms with Gasteiger partial charge in [0.2, 0.25) is 0 Å². The van der Waals surface area contributed by atoms with Crippen LogP contribution in [0, 0.1) is 7.14 Å². The number of nitrogens with zero attached hydrogens (tertiary/aromatic N) is 3. The van der Waals surface area contributed by atoms with E-state index in [0.717, 1.165) is 11.3 Å². The van der Waals surface area contributed by atoms with Gasteiger partial charge in [-0.1, -0.05) is 17.2 Å². The summed E-state index contributed by atoms with van der Waals surface area (Å²) >= 11 is -0.175. The molecule has 2 aromatic rings. The second kappa shape index (κ2) is 9.04. The molecule has 0 aliphatic heterocycles.